The topological polar surface area (TPSA) is 61.9 Å². The average molecular weight is 335 g/mol. The number of ether oxygens (including phenoxy) is 1. The van der Waals surface area contributed by atoms with Crippen molar-refractivity contribution >= 4 is 29.4 Å². The number of nitrogens with zero attached hydrogens (tertiary/aromatic N) is 2. The number of benzene rings is 1. The van der Waals surface area contributed by atoms with Crippen molar-refractivity contribution in [2.24, 2.45) is 0 Å². The Labute approximate surface area is 140 Å². The largest absolute Gasteiger partial charge is 0.495 e. The summed E-state index contributed by atoms with van der Waals surface area (Å²) in [6.45, 7) is 2.02. The number of carbonyl (C=O) groups is 2. The summed E-state index contributed by atoms with van der Waals surface area (Å²) in [6.07, 6.45) is 0.326. The second-order valence-electron chi connectivity index (χ2n) is 5.63. The molecule has 1 atom stereocenters. The number of para-hydroxylation sites is 2. The summed E-state index contributed by atoms with van der Waals surface area (Å²) < 4.78 is 5.33. The van der Waals surface area contributed by atoms with Crippen LogP contribution in [0.5, 0.6) is 5.75 Å². The minimum atomic E-state index is -0.158. The van der Waals surface area contributed by atoms with Gasteiger partial charge in [-0.25, -0.2) is 4.79 Å². The third-order valence-electron chi connectivity index (χ3n) is 4.13. The summed E-state index contributed by atoms with van der Waals surface area (Å²) in [7, 11) is 1.59. The predicted octanol–water partition coefficient (Wildman–Crippen LogP) is 1.56. The van der Waals surface area contributed by atoms with Crippen LogP contribution in [0.25, 0.3) is 0 Å². The van der Waals surface area contributed by atoms with Crippen LogP contribution >= 0.6 is 11.8 Å². The first-order valence-electron chi connectivity index (χ1n) is 7.75. The van der Waals surface area contributed by atoms with Gasteiger partial charge in [0.1, 0.15) is 5.75 Å². The molecule has 2 aliphatic heterocycles. The highest BCUT2D eigenvalue weighted by Gasteiger charge is 2.33. The highest BCUT2D eigenvalue weighted by Crippen LogP contribution is 2.31. The van der Waals surface area contributed by atoms with Gasteiger partial charge in [-0.1, -0.05) is 12.1 Å². The van der Waals surface area contributed by atoms with E-state index >= 15 is 0 Å². The molecule has 0 spiro atoms. The molecule has 6 nitrogen and oxygen atoms in total. The molecule has 2 saturated heterocycles. The Morgan fingerprint density at radius 1 is 1.30 bits per heavy atom. The zero-order valence-electron chi connectivity index (χ0n) is 13.2. The number of nitrogens with one attached hydrogen (secondary N) is 1. The standard InChI is InChI=1S/C16H21N3O3S/c1-22-14-5-3-2-4-13(14)19-11-12(10-15(19)20)17-16(21)18-6-8-23-9-7-18/h2-5,12H,6-11H2,1H3,(H,17,21)/t12-/m0/s1. The molecule has 0 unspecified atom stereocenters. The van der Waals surface area contributed by atoms with E-state index in [1.807, 2.05) is 40.9 Å². The first kappa shape index (κ1) is 16.0. The second kappa shape index (κ2) is 7.12. The van der Waals surface area contributed by atoms with Crippen LogP contribution in [0.3, 0.4) is 0 Å². The van der Waals surface area contributed by atoms with Gasteiger partial charge in [-0.3, -0.25) is 4.79 Å². The molecule has 1 aromatic rings. The predicted molar refractivity (Wildman–Crippen MR) is 91.2 cm³/mol. The van der Waals surface area contributed by atoms with Crippen molar-refractivity contribution in [3.8, 4) is 5.75 Å². The molecule has 2 fully saturated rings. The molecule has 2 aliphatic rings. The normalized spacial score (nSPS) is 21.4. The van der Waals surface area contributed by atoms with Crippen molar-refractivity contribution in [1.82, 2.24) is 10.2 Å². The number of rotatable bonds is 3. The van der Waals surface area contributed by atoms with Gasteiger partial charge in [-0.15, -0.1) is 0 Å². The maximum absolute atomic E-state index is 12.3. The molecule has 3 amide bonds. The lowest BCUT2D eigenvalue weighted by molar-refractivity contribution is -0.117. The Morgan fingerprint density at radius 2 is 2.04 bits per heavy atom. The molecule has 2 heterocycles. The van der Waals surface area contributed by atoms with Crippen LogP contribution in [0.15, 0.2) is 24.3 Å². The molecular weight excluding hydrogens is 314 g/mol. The van der Waals surface area contributed by atoms with Crippen LogP contribution in [0.4, 0.5) is 10.5 Å². The van der Waals surface area contributed by atoms with E-state index < -0.39 is 0 Å². The van der Waals surface area contributed by atoms with Gasteiger partial charge in [0.05, 0.1) is 18.8 Å². The first-order valence-corrected chi connectivity index (χ1v) is 8.91. The number of hydrogen-bond acceptors (Lipinski definition) is 4. The highest BCUT2D eigenvalue weighted by molar-refractivity contribution is 7.99. The van der Waals surface area contributed by atoms with Crippen LogP contribution < -0.4 is 15.0 Å². The van der Waals surface area contributed by atoms with Gasteiger partial charge < -0.3 is 19.9 Å². The molecule has 0 aromatic heterocycles. The SMILES string of the molecule is COc1ccccc1N1C[C@@H](NC(=O)N2CCSCC2)CC1=O. The van der Waals surface area contributed by atoms with E-state index in [-0.39, 0.29) is 18.0 Å². The van der Waals surface area contributed by atoms with E-state index in [2.05, 4.69) is 5.32 Å². The maximum atomic E-state index is 12.3. The Bertz CT molecular complexity index is 590. The van der Waals surface area contributed by atoms with Gasteiger partial charge in [0, 0.05) is 37.6 Å². The minimum absolute atomic E-state index is 0.00833. The zero-order chi connectivity index (χ0) is 16.2. The van der Waals surface area contributed by atoms with Gasteiger partial charge in [-0.05, 0) is 12.1 Å². The molecule has 0 aliphatic carbocycles. The fourth-order valence-corrected chi connectivity index (χ4v) is 3.83. The number of carbonyl (C=O) groups excluding carboxylic acids is 2. The smallest absolute Gasteiger partial charge is 0.317 e. The van der Waals surface area contributed by atoms with Crippen molar-refractivity contribution in [1.29, 1.82) is 0 Å². The van der Waals surface area contributed by atoms with Crippen molar-refractivity contribution < 1.29 is 14.3 Å². The Morgan fingerprint density at radius 3 is 2.78 bits per heavy atom. The van der Waals surface area contributed by atoms with Crippen LogP contribution in [0.1, 0.15) is 6.42 Å². The van der Waals surface area contributed by atoms with E-state index in [0.717, 1.165) is 30.3 Å². The van der Waals surface area contributed by atoms with Crippen LogP contribution in [0, 0.1) is 0 Å². The van der Waals surface area contributed by atoms with E-state index in [1.165, 1.54) is 0 Å². The van der Waals surface area contributed by atoms with Crippen molar-refractivity contribution in [3.63, 3.8) is 0 Å². The molecule has 23 heavy (non-hydrogen) atoms. The molecule has 0 bridgehead atoms. The number of amides is 3. The highest BCUT2D eigenvalue weighted by atomic mass is 32.2. The van der Waals surface area contributed by atoms with Gasteiger partial charge in [0.15, 0.2) is 0 Å². The zero-order valence-corrected chi connectivity index (χ0v) is 14.0. The monoisotopic (exact) mass is 335 g/mol. The molecule has 1 aromatic carbocycles. The number of hydrogen-bond donors (Lipinski definition) is 1. The first-order chi connectivity index (χ1) is 11.2. The summed E-state index contributed by atoms with van der Waals surface area (Å²) in [6, 6.07) is 7.22. The van der Waals surface area contributed by atoms with Crippen LogP contribution in [-0.2, 0) is 4.79 Å². The third kappa shape index (κ3) is 3.55. The number of urea groups is 1. The van der Waals surface area contributed by atoms with Gasteiger partial charge in [0.2, 0.25) is 5.91 Å². The van der Waals surface area contributed by atoms with Crippen LogP contribution in [-0.4, -0.2) is 61.1 Å². The second-order valence-corrected chi connectivity index (χ2v) is 6.85. The lowest BCUT2D eigenvalue weighted by Gasteiger charge is -2.28. The molecule has 0 saturated carbocycles. The number of anilines is 1. The third-order valence-corrected chi connectivity index (χ3v) is 5.07. The lowest BCUT2D eigenvalue weighted by Crippen LogP contribution is -2.48. The molecule has 7 heteroatoms. The maximum Gasteiger partial charge on any atom is 0.317 e. The molecular formula is C16H21N3O3S. The fourth-order valence-electron chi connectivity index (χ4n) is 2.92. The van der Waals surface area contributed by atoms with Gasteiger partial charge in [-0.2, -0.15) is 11.8 Å². The van der Waals surface area contributed by atoms with E-state index in [9.17, 15) is 9.59 Å². The average Bonchev–Trinajstić information content (AvgIpc) is 2.95. The quantitative estimate of drug-likeness (QED) is 0.911. The Kier molecular flexibility index (Phi) is 4.95. The summed E-state index contributed by atoms with van der Waals surface area (Å²) >= 11 is 1.86. The van der Waals surface area contributed by atoms with E-state index in [0.29, 0.717) is 18.7 Å². The lowest BCUT2D eigenvalue weighted by atomic mass is 10.2. The van der Waals surface area contributed by atoms with Crippen LogP contribution in [0.2, 0.25) is 0 Å². The molecule has 0 radical (unpaired) electrons. The van der Waals surface area contributed by atoms with Crippen molar-refractivity contribution in [2.75, 3.05) is 43.1 Å². The van der Waals surface area contributed by atoms with Crippen molar-refractivity contribution in [3.05, 3.63) is 24.3 Å². The molecule has 3 rings (SSSR count). The number of methoxy groups -OCH3 is 1. The van der Waals surface area contributed by atoms with Crippen molar-refractivity contribution in [2.45, 2.75) is 12.5 Å². The summed E-state index contributed by atoms with van der Waals surface area (Å²) in [5.74, 6) is 2.63. The Balaban J connectivity index is 1.64. The van der Waals surface area contributed by atoms with E-state index in [1.54, 1.807) is 12.0 Å². The van der Waals surface area contributed by atoms with E-state index in [4.69, 9.17) is 4.74 Å². The fraction of sp³-hybridized carbons (Fsp3) is 0.500. The summed E-state index contributed by atoms with van der Waals surface area (Å²) in [4.78, 5) is 28.1. The Hall–Kier alpha value is -1.89. The minimum Gasteiger partial charge on any atom is -0.495 e. The van der Waals surface area contributed by atoms with Gasteiger partial charge >= 0.3 is 6.03 Å². The summed E-state index contributed by atoms with van der Waals surface area (Å²) in [5.41, 5.74) is 0.756. The molecule has 124 valence electrons. The molecule has 1 N–H and O–H groups in total. The number of thioether (sulfide) groups is 1. The summed E-state index contributed by atoms with van der Waals surface area (Å²) in [5, 5.41) is 2.99. The van der Waals surface area contributed by atoms with Gasteiger partial charge in [0.25, 0.3) is 0 Å².